The predicted molar refractivity (Wildman–Crippen MR) is 52.1 cm³/mol. The van der Waals surface area contributed by atoms with Crippen LogP contribution in [0.5, 0.6) is 0 Å². The van der Waals surface area contributed by atoms with Crippen LogP contribution in [0.2, 0.25) is 0 Å². The molecule has 5 nitrogen and oxygen atoms in total. The van der Waals surface area contributed by atoms with Crippen LogP contribution >= 0.6 is 0 Å². The van der Waals surface area contributed by atoms with E-state index in [0.29, 0.717) is 18.6 Å². The minimum absolute atomic E-state index is 0.00120. The summed E-state index contributed by atoms with van der Waals surface area (Å²) in [6.07, 6.45) is 2.45. The van der Waals surface area contributed by atoms with Crippen molar-refractivity contribution in [2.45, 2.75) is 24.7 Å². The molecule has 0 aromatic rings. The summed E-state index contributed by atoms with van der Waals surface area (Å²) in [5.41, 5.74) is -0.312. The van der Waals surface area contributed by atoms with Gasteiger partial charge in [0.15, 0.2) is 0 Å². The highest BCUT2D eigenvalue weighted by atomic mass is 16.7. The van der Waals surface area contributed by atoms with Crippen molar-refractivity contribution in [1.29, 1.82) is 0 Å². The van der Waals surface area contributed by atoms with Gasteiger partial charge in [-0.05, 0) is 12.8 Å². The Morgan fingerprint density at radius 1 is 1.69 bits per heavy atom. The first-order chi connectivity index (χ1) is 7.65. The molecule has 0 aromatic heterocycles. The van der Waals surface area contributed by atoms with E-state index >= 15 is 0 Å². The summed E-state index contributed by atoms with van der Waals surface area (Å²) < 4.78 is 15.4. The maximum atomic E-state index is 11.6. The fourth-order valence-corrected chi connectivity index (χ4v) is 3.09. The molecule has 1 saturated carbocycles. The molecule has 5 heteroatoms. The van der Waals surface area contributed by atoms with E-state index in [2.05, 4.69) is 0 Å². The van der Waals surface area contributed by atoms with Gasteiger partial charge in [-0.2, -0.15) is 0 Å². The number of aliphatic hydroxyl groups is 1. The quantitative estimate of drug-likeness (QED) is 0.646. The smallest absolute Gasteiger partial charge is 0.337 e. The van der Waals surface area contributed by atoms with Gasteiger partial charge in [0.1, 0.15) is 0 Å². The van der Waals surface area contributed by atoms with E-state index in [1.165, 1.54) is 13.4 Å². The number of carbonyl (C=O) groups is 1. The van der Waals surface area contributed by atoms with E-state index in [0.717, 1.165) is 6.42 Å². The molecule has 2 heterocycles. The topological polar surface area (TPSA) is 65.0 Å². The monoisotopic (exact) mass is 226 g/mol. The van der Waals surface area contributed by atoms with Crippen LogP contribution in [0, 0.1) is 11.8 Å². The lowest BCUT2D eigenvalue weighted by Gasteiger charge is -2.31. The molecule has 0 radical (unpaired) electrons. The first-order valence-electron chi connectivity index (χ1n) is 5.43. The SMILES string of the molecule is COC(=O)C1=CO[C@@H]2OCC3(O)CC[C@H]1[C@H]23. The summed E-state index contributed by atoms with van der Waals surface area (Å²) in [4.78, 5) is 11.6. The molecule has 16 heavy (non-hydrogen) atoms. The summed E-state index contributed by atoms with van der Waals surface area (Å²) in [7, 11) is 1.35. The van der Waals surface area contributed by atoms with Crippen LogP contribution in [0.15, 0.2) is 11.8 Å². The predicted octanol–water partition coefficient (Wildman–Crippen LogP) is 0.187. The number of methoxy groups -OCH3 is 1. The second-order valence-corrected chi connectivity index (χ2v) is 4.65. The van der Waals surface area contributed by atoms with Crippen molar-refractivity contribution < 1.29 is 24.1 Å². The molecule has 4 atom stereocenters. The van der Waals surface area contributed by atoms with Gasteiger partial charge >= 0.3 is 5.97 Å². The van der Waals surface area contributed by atoms with Crippen molar-refractivity contribution in [3.05, 3.63) is 11.8 Å². The Morgan fingerprint density at radius 2 is 2.50 bits per heavy atom. The standard InChI is InChI=1S/C11H14O5/c1-14-9(12)7-4-15-10-8-6(7)2-3-11(8,13)5-16-10/h4,6,8,10,13H,2-3,5H2,1H3/t6-,8-,10-,11?/m1/s1. The Kier molecular flexibility index (Phi) is 2.03. The van der Waals surface area contributed by atoms with E-state index in [4.69, 9.17) is 14.2 Å². The normalized spacial score (nSPS) is 44.6. The zero-order chi connectivity index (χ0) is 11.3. The molecule has 3 aliphatic rings. The molecular weight excluding hydrogens is 212 g/mol. The number of hydrogen-bond donors (Lipinski definition) is 1. The Bertz CT molecular complexity index is 363. The molecule has 0 amide bonds. The lowest BCUT2D eigenvalue weighted by Crippen LogP contribution is -2.40. The van der Waals surface area contributed by atoms with Crippen LogP contribution in [0.4, 0.5) is 0 Å². The van der Waals surface area contributed by atoms with E-state index in [9.17, 15) is 9.90 Å². The molecule has 3 rings (SSSR count). The van der Waals surface area contributed by atoms with Crippen LogP contribution in [0.1, 0.15) is 12.8 Å². The summed E-state index contributed by atoms with van der Waals surface area (Å²) in [6, 6.07) is 0. The van der Waals surface area contributed by atoms with Crippen LogP contribution in [0.3, 0.4) is 0 Å². The highest BCUT2D eigenvalue weighted by Gasteiger charge is 2.60. The number of esters is 1. The molecular formula is C11H14O5. The molecule has 0 bridgehead atoms. The number of ether oxygens (including phenoxy) is 3. The van der Waals surface area contributed by atoms with Gasteiger partial charge in [0, 0.05) is 5.92 Å². The lowest BCUT2D eigenvalue weighted by molar-refractivity contribution is -0.142. The van der Waals surface area contributed by atoms with Gasteiger partial charge in [-0.3, -0.25) is 0 Å². The number of hydrogen-bond acceptors (Lipinski definition) is 5. The van der Waals surface area contributed by atoms with Crippen LogP contribution < -0.4 is 0 Å². The average Bonchev–Trinajstić information content (AvgIpc) is 2.81. The largest absolute Gasteiger partial charge is 0.472 e. The van der Waals surface area contributed by atoms with Gasteiger partial charge in [-0.25, -0.2) is 4.79 Å². The zero-order valence-corrected chi connectivity index (χ0v) is 9.01. The molecule has 2 aliphatic heterocycles. The van der Waals surface area contributed by atoms with Crippen molar-refractivity contribution in [3.8, 4) is 0 Å². The summed E-state index contributed by atoms with van der Waals surface area (Å²) in [6.45, 7) is 0.293. The second kappa shape index (κ2) is 3.21. The van der Waals surface area contributed by atoms with Crippen molar-refractivity contribution in [2.75, 3.05) is 13.7 Å². The Hall–Kier alpha value is -1.07. The van der Waals surface area contributed by atoms with Gasteiger partial charge < -0.3 is 19.3 Å². The van der Waals surface area contributed by atoms with Crippen molar-refractivity contribution >= 4 is 5.97 Å². The third-order valence-electron chi connectivity index (χ3n) is 3.88. The van der Waals surface area contributed by atoms with Crippen LogP contribution in [-0.2, 0) is 19.0 Å². The van der Waals surface area contributed by atoms with Crippen molar-refractivity contribution in [2.24, 2.45) is 11.8 Å². The molecule has 1 aliphatic carbocycles. The highest BCUT2D eigenvalue weighted by Crippen LogP contribution is 2.52. The molecule has 2 fully saturated rings. The van der Waals surface area contributed by atoms with Gasteiger partial charge in [0.2, 0.25) is 6.29 Å². The Balaban J connectivity index is 1.95. The van der Waals surface area contributed by atoms with E-state index in [-0.39, 0.29) is 17.8 Å². The van der Waals surface area contributed by atoms with Crippen molar-refractivity contribution in [3.63, 3.8) is 0 Å². The Labute approximate surface area is 93.0 Å². The maximum Gasteiger partial charge on any atom is 0.337 e. The van der Waals surface area contributed by atoms with Crippen molar-refractivity contribution in [1.82, 2.24) is 0 Å². The fraction of sp³-hybridized carbons (Fsp3) is 0.727. The summed E-state index contributed by atoms with van der Waals surface area (Å²) >= 11 is 0. The molecule has 1 saturated heterocycles. The first kappa shape index (κ1) is 10.1. The summed E-state index contributed by atoms with van der Waals surface area (Å²) in [5, 5.41) is 10.3. The zero-order valence-electron chi connectivity index (χ0n) is 9.01. The number of rotatable bonds is 1. The Morgan fingerprint density at radius 3 is 3.25 bits per heavy atom. The highest BCUT2D eigenvalue weighted by molar-refractivity contribution is 5.89. The van der Waals surface area contributed by atoms with Gasteiger partial charge in [0.25, 0.3) is 0 Å². The van der Waals surface area contributed by atoms with E-state index in [1.54, 1.807) is 0 Å². The number of carbonyl (C=O) groups excluding carboxylic acids is 1. The average molecular weight is 226 g/mol. The molecule has 88 valence electrons. The molecule has 0 spiro atoms. The van der Waals surface area contributed by atoms with Gasteiger partial charge in [-0.15, -0.1) is 0 Å². The molecule has 1 unspecified atom stereocenters. The third-order valence-corrected chi connectivity index (χ3v) is 3.88. The molecule has 1 N–H and O–H groups in total. The first-order valence-corrected chi connectivity index (χ1v) is 5.43. The molecule has 0 aromatic carbocycles. The fourth-order valence-electron chi connectivity index (χ4n) is 3.09. The minimum atomic E-state index is -0.830. The lowest BCUT2D eigenvalue weighted by atomic mass is 9.82. The van der Waals surface area contributed by atoms with E-state index < -0.39 is 11.9 Å². The summed E-state index contributed by atoms with van der Waals surface area (Å²) in [5.74, 6) is -0.509. The van der Waals surface area contributed by atoms with Gasteiger partial charge in [-0.1, -0.05) is 0 Å². The second-order valence-electron chi connectivity index (χ2n) is 4.65. The minimum Gasteiger partial charge on any atom is -0.472 e. The maximum absolute atomic E-state index is 11.6. The third kappa shape index (κ3) is 1.15. The van der Waals surface area contributed by atoms with Gasteiger partial charge in [0.05, 0.1) is 37.1 Å². The van der Waals surface area contributed by atoms with Crippen LogP contribution in [-0.4, -0.2) is 36.7 Å². The van der Waals surface area contributed by atoms with Crippen LogP contribution in [0.25, 0.3) is 0 Å². The van der Waals surface area contributed by atoms with E-state index in [1.807, 2.05) is 0 Å².